The largest absolute Gasteiger partial charge is 0.464 e. The summed E-state index contributed by atoms with van der Waals surface area (Å²) in [4.78, 5) is 25.6. The number of hydrogen-bond donors (Lipinski definition) is 0. The lowest BCUT2D eigenvalue weighted by atomic mass is 10.1. The fourth-order valence-corrected chi connectivity index (χ4v) is 4.26. The van der Waals surface area contributed by atoms with Gasteiger partial charge in [-0.3, -0.25) is 4.57 Å². The summed E-state index contributed by atoms with van der Waals surface area (Å²) in [6, 6.07) is 7.61. The van der Waals surface area contributed by atoms with Crippen LogP contribution in [0.25, 0.3) is 10.9 Å². The van der Waals surface area contributed by atoms with E-state index in [1.54, 1.807) is 13.1 Å². The van der Waals surface area contributed by atoms with E-state index in [-0.39, 0.29) is 17.6 Å². The number of aromatic nitrogens is 1. The highest BCUT2D eigenvalue weighted by molar-refractivity contribution is 6.74. The zero-order valence-electron chi connectivity index (χ0n) is 20.4. The predicted octanol–water partition coefficient (Wildman–Crippen LogP) is 5.92. The molecule has 2 rings (SSSR count). The molecule has 0 aliphatic heterocycles. The molecule has 0 radical (unpaired) electrons. The highest BCUT2D eigenvalue weighted by Crippen LogP contribution is 2.38. The number of esters is 1. The van der Waals surface area contributed by atoms with Gasteiger partial charge in [-0.1, -0.05) is 39.0 Å². The molecule has 0 amide bonds. The van der Waals surface area contributed by atoms with E-state index in [0.29, 0.717) is 6.42 Å². The van der Waals surface area contributed by atoms with Crippen LogP contribution in [0, 0.1) is 0 Å². The number of ether oxygens (including phenoxy) is 2. The van der Waals surface area contributed by atoms with Crippen molar-refractivity contribution >= 4 is 31.3 Å². The first-order chi connectivity index (χ1) is 14.2. The van der Waals surface area contributed by atoms with Crippen molar-refractivity contribution in [2.24, 2.45) is 0 Å². The average molecular weight is 448 g/mol. The van der Waals surface area contributed by atoms with E-state index >= 15 is 0 Å². The summed E-state index contributed by atoms with van der Waals surface area (Å²) in [5.41, 5.74) is 0.974. The fraction of sp³-hybridized carbons (Fsp3) is 0.583. The molecule has 1 aromatic heterocycles. The van der Waals surface area contributed by atoms with Gasteiger partial charge in [-0.2, -0.15) is 0 Å². The van der Waals surface area contributed by atoms with Crippen LogP contribution in [0.15, 0.2) is 30.5 Å². The van der Waals surface area contributed by atoms with Crippen LogP contribution in [0.3, 0.4) is 0 Å². The first-order valence-corrected chi connectivity index (χ1v) is 13.7. The summed E-state index contributed by atoms with van der Waals surface area (Å²) in [6.45, 7) is 18.2. The van der Waals surface area contributed by atoms with Gasteiger partial charge in [0.25, 0.3) is 0 Å². The van der Waals surface area contributed by atoms with Gasteiger partial charge < -0.3 is 13.9 Å². The van der Waals surface area contributed by atoms with Crippen LogP contribution in [-0.2, 0) is 25.1 Å². The molecule has 6 nitrogen and oxygen atoms in total. The first-order valence-electron chi connectivity index (χ1n) is 10.8. The smallest absolute Gasteiger partial charge is 0.419 e. The Kier molecular flexibility index (Phi) is 7.43. The van der Waals surface area contributed by atoms with E-state index < -0.39 is 26.1 Å². The van der Waals surface area contributed by atoms with E-state index in [1.165, 1.54) is 4.57 Å². The second kappa shape index (κ2) is 9.16. The third-order valence-electron chi connectivity index (χ3n) is 5.58. The number of fused-ring (bicyclic) bond motifs is 1. The minimum Gasteiger partial charge on any atom is -0.464 e. The van der Waals surface area contributed by atoms with Gasteiger partial charge in [-0.25, -0.2) is 9.59 Å². The number of nitrogens with zero attached hydrogens (tertiary/aromatic N) is 1. The molecule has 1 aromatic carbocycles. The van der Waals surface area contributed by atoms with Crippen LogP contribution in [-0.4, -0.2) is 43.3 Å². The summed E-state index contributed by atoms with van der Waals surface area (Å²) < 4.78 is 18.9. The molecule has 0 saturated heterocycles. The van der Waals surface area contributed by atoms with E-state index in [2.05, 4.69) is 33.9 Å². The maximum absolute atomic E-state index is 12.8. The van der Waals surface area contributed by atoms with Gasteiger partial charge in [0.1, 0.15) is 11.7 Å². The van der Waals surface area contributed by atoms with Crippen molar-refractivity contribution in [1.29, 1.82) is 0 Å². The lowest BCUT2D eigenvalue weighted by Gasteiger charge is -2.38. The number of para-hydroxylation sites is 1. The number of carbonyl (C=O) groups excluding carboxylic acids is 2. The van der Waals surface area contributed by atoms with E-state index in [0.717, 1.165) is 16.5 Å². The third-order valence-corrected chi connectivity index (χ3v) is 10.1. The van der Waals surface area contributed by atoms with Crippen molar-refractivity contribution in [3.63, 3.8) is 0 Å². The SMILES string of the molecule is CCOC(=O)[C@H](Cc1cn(C(=O)OC(C)(C)C)c2ccccc12)O[Si](C)(C)C(C)(C)C. The normalized spacial score (nSPS) is 13.8. The Balaban J connectivity index is 2.46. The predicted molar refractivity (Wildman–Crippen MR) is 126 cm³/mol. The Morgan fingerprint density at radius 1 is 1.06 bits per heavy atom. The molecule has 172 valence electrons. The Bertz CT molecular complexity index is 934. The van der Waals surface area contributed by atoms with Crippen LogP contribution in [0.2, 0.25) is 18.1 Å². The van der Waals surface area contributed by atoms with Crippen molar-refractivity contribution < 1.29 is 23.5 Å². The lowest BCUT2D eigenvalue weighted by molar-refractivity contribution is -0.151. The number of rotatable bonds is 6. The molecule has 0 saturated carbocycles. The van der Waals surface area contributed by atoms with E-state index in [1.807, 2.05) is 45.0 Å². The Labute approximate surface area is 187 Å². The number of carbonyl (C=O) groups is 2. The summed E-state index contributed by atoms with van der Waals surface area (Å²) in [7, 11) is -2.23. The standard InChI is InChI=1S/C24H37NO5Si/c1-10-28-21(26)20(30-31(8,9)24(5,6)7)15-17-16-25(22(27)29-23(2,3)4)19-14-12-11-13-18(17)19/h11-14,16,20H,10,15H2,1-9H3/t20-/m0/s1. The molecule has 0 aliphatic carbocycles. The van der Waals surface area contributed by atoms with Gasteiger partial charge >= 0.3 is 12.1 Å². The van der Waals surface area contributed by atoms with Crippen molar-refractivity contribution in [2.75, 3.05) is 6.61 Å². The molecule has 1 atom stereocenters. The van der Waals surface area contributed by atoms with Crippen molar-refractivity contribution in [1.82, 2.24) is 4.57 Å². The quantitative estimate of drug-likeness (QED) is 0.406. The van der Waals surface area contributed by atoms with Gasteiger partial charge in [-0.15, -0.1) is 0 Å². The molecule has 0 N–H and O–H groups in total. The van der Waals surface area contributed by atoms with Gasteiger partial charge in [0.2, 0.25) is 0 Å². The molecule has 1 heterocycles. The zero-order valence-corrected chi connectivity index (χ0v) is 21.4. The second-order valence-corrected chi connectivity index (χ2v) is 15.1. The molecular formula is C24H37NO5Si. The number of benzene rings is 1. The minimum atomic E-state index is -2.23. The second-order valence-electron chi connectivity index (χ2n) is 10.3. The van der Waals surface area contributed by atoms with Crippen molar-refractivity contribution in [3.05, 3.63) is 36.0 Å². The van der Waals surface area contributed by atoms with Crippen LogP contribution in [0.5, 0.6) is 0 Å². The molecule has 0 fully saturated rings. The Morgan fingerprint density at radius 2 is 1.68 bits per heavy atom. The van der Waals surface area contributed by atoms with Crippen molar-refractivity contribution in [3.8, 4) is 0 Å². The molecule has 0 unspecified atom stereocenters. The summed E-state index contributed by atoms with van der Waals surface area (Å²) in [5.74, 6) is -0.374. The molecule has 0 bridgehead atoms. The number of hydrogen-bond acceptors (Lipinski definition) is 5. The Morgan fingerprint density at radius 3 is 2.23 bits per heavy atom. The lowest BCUT2D eigenvalue weighted by Crippen LogP contribution is -2.47. The zero-order chi connectivity index (χ0) is 23.6. The summed E-state index contributed by atoms with van der Waals surface area (Å²) in [6.07, 6.45) is 0.883. The van der Waals surface area contributed by atoms with Crippen LogP contribution < -0.4 is 0 Å². The summed E-state index contributed by atoms with van der Waals surface area (Å²) in [5, 5.41) is 0.837. The monoisotopic (exact) mass is 447 g/mol. The highest BCUT2D eigenvalue weighted by atomic mass is 28.4. The topological polar surface area (TPSA) is 66.8 Å². The van der Waals surface area contributed by atoms with Crippen LogP contribution >= 0.6 is 0 Å². The van der Waals surface area contributed by atoms with Crippen LogP contribution in [0.1, 0.15) is 54.0 Å². The first kappa shape index (κ1) is 25.1. The van der Waals surface area contributed by atoms with Gasteiger partial charge in [0.15, 0.2) is 8.32 Å². The van der Waals surface area contributed by atoms with Crippen LogP contribution in [0.4, 0.5) is 4.79 Å². The third kappa shape index (κ3) is 6.20. The average Bonchev–Trinajstić information content (AvgIpc) is 2.98. The van der Waals surface area contributed by atoms with Crippen molar-refractivity contribution in [2.45, 2.75) is 84.7 Å². The highest BCUT2D eigenvalue weighted by Gasteiger charge is 2.41. The summed E-state index contributed by atoms with van der Waals surface area (Å²) >= 11 is 0. The molecule has 31 heavy (non-hydrogen) atoms. The van der Waals surface area contributed by atoms with E-state index in [4.69, 9.17) is 13.9 Å². The van der Waals surface area contributed by atoms with E-state index in [9.17, 15) is 9.59 Å². The van der Waals surface area contributed by atoms with Gasteiger partial charge in [0, 0.05) is 18.0 Å². The Hall–Kier alpha value is -2.12. The maximum atomic E-state index is 12.8. The van der Waals surface area contributed by atoms with Gasteiger partial charge in [0.05, 0.1) is 12.1 Å². The maximum Gasteiger partial charge on any atom is 0.419 e. The molecule has 0 aliphatic rings. The van der Waals surface area contributed by atoms with Gasteiger partial charge in [-0.05, 0) is 57.5 Å². The molecule has 2 aromatic rings. The molecular weight excluding hydrogens is 410 g/mol. The minimum absolute atomic E-state index is 0.0533. The molecule has 0 spiro atoms. The fourth-order valence-electron chi connectivity index (χ4n) is 3.02. The molecule has 7 heteroatoms.